The summed E-state index contributed by atoms with van der Waals surface area (Å²) in [6.45, 7) is 6.23. The lowest BCUT2D eigenvalue weighted by atomic mass is 9.58. The molecule has 0 aromatic heterocycles. The van der Waals surface area contributed by atoms with Gasteiger partial charge in [-0.05, 0) is 48.1 Å². The summed E-state index contributed by atoms with van der Waals surface area (Å²) in [5, 5.41) is 0. The number of hydrogen-bond acceptors (Lipinski definition) is 1. The van der Waals surface area contributed by atoms with Gasteiger partial charge in [-0.2, -0.15) is 17.6 Å². The van der Waals surface area contributed by atoms with E-state index in [-0.39, 0.29) is 23.1 Å². The number of allylic oxidation sites excluding steroid dienone is 3. The van der Waals surface area contributed by atoms with Gasteiger partial charge in [0.05, 0.1) is 11.5 Å². The second kappa shape index (κ2) is 9.49. The molecule has 2 aromatic carbocycles. The first kappa shape index (κ1) is 26.1. The highest BCUT2D eigenvalue weighted by molar-refractivity contribution is 5.54. The van der Waals surface area contributed by atoms with E-state index < -0.39 is 47.0 Å². The van der Waals surface area contributed by atoms with E-state index in [4.69, 9.17) is 4.74 Å². The summed E-state index contributed by atoms with van der Waals surface area (Å²) >= 11 is 0. The van der Waals surface area contributed by atoms with E-state index in [1.807, 2.05) is 12.1 Å². The van der Waals surface area contributed by atoms with E-state index in [1.54, 1.807) is 25.1 Å². The standard InChI is InChI=1S/C29H28F6O/c1-4-6-8-18-9-12-21(13-10-18)36-17-20-15-16-27(3)22-14-11-19(7-5-2)24(30)23(22)28(32,33)29(34,35)26(27)25(20)31/h4,9-16,26H,1,5-8,17H2,2-3H3. The normalized spacial score (nSPS) is 23.7. The molecule has 2 aliphatic rings. The van der Waals surface area contributed by atoms with Crippen molar-refractivity contribution in [3.05, 3.63) is 101 Å². The smallest absolute Gasteiger partial charge is 0.339 e. The summed E-state index contributed by atoms with van der Waals surface area (Å²) in [5.74, 6) is -14.6. The van der Waals surface area contributed by atoms with Crippen LogP contribution >= 0.6 is 0 Å². The fraction of sp³-hybridized carbons (Fsp3) is 0.379. The monoisotopic (exact) mass is 506 g/mol. The maximum atomic E-state index is 15.6. The predicted molar refractivity (Wildman–Crippen MR) is 128 cm³/mol. The highest BCUT2D eigenvalue weighted by Crippen LogP contribution is 2.63. The Morgan fingerprint density at radius 2 is 1.69 bits per heavy atom. The number of benzene rings is 2. The van der Waals surface area contributed by atoms with Crippen LogP contribution in [0.1, 0.15) is 48.9 Å². The third kappa shape index (κ3) is 4.06. The zero-order valence-electron chi connectivity index (χ0n) is 20.2. The molecule has 0 spiro atoms. The number of alkyl halides is 4. The largest absolute Gasteiger partial charge is 0.489 e. The van der Waals surface area contributed by atoms with Crippen LogP contribution in [0, 0.1) is 11.7 Å². The molecule has 0 bridgehead atoms. The zero-order valence-corrected chi connectivity index (χ0v) is 20.2. The van der Waals surface area contributed by atoms with Crippen LogP contribution in [0.3, 0.4) is 0 Å². The lowest BCUT2D eigenvalue weighted by Crippen LogP contribution is -2.58. The van der Waals surface area contributed by atoms with E-state index in [0.29, 0.717) is 12.2 Å². The van der Waals surface area contributed by atoms with Crippen molar-refractivity contribution in [1.82, 2.24) is 0 Å². The number of halogens is 6. The first-order valence-electron chi connectivity index (χ1n) is 12.0. The van der Waals surface area contributed by atoms with Gasteiger partial charge in [-0.3, -0.25) is 0 Å². The molecule has 7 heteroatoms. The van der Waals surface area contributed by atoms with Gasteiger partial charge in [0.15, 0.2) is 0 Å². The van der Waals surface area contributed by atoms with Gasteiger partial charge in [0, 0.05) is 11.0 Å². The molecular formula is C29H28F6O. The summed E-state index contributed by atoms with van der Waals surface area (Å²) < 4.78 is 97.6. The van der Waals surface area contributed by atoms with Crippen LogP contribution in [0.4, 0.5) is 26.3 Å². The first-order chi connectivity index (χ1) is 17.0. The number of rotatable bonds is 8. The second-order valence-corrected chi connectivity index (χ2v) is 9.59. The van der Waals surface area contributed by atoms with Crippen LogP contribution in [0.5, 0.6) is 5.75 Å². The lowest BCUT2D eigenvalue weighted by molar-refractivity contribution is -0.258. The van der Waals surface area contributed by atoms with Crippen molar-refractivity contribution in [3.63, 3.8) is 0 Å². The van der Waals surface area contributed by atoms with Gasteiger partial charge in [-0.25, -0.2) is 8.78 Å². The van der Waals surface area contributed by atoms with Crippen LogP contribution in [0.25, 0.3) is 0 Å². The Balaban J connectivity index is 1.69. The molecule has 2 unspecified atom stereocenters. The number of hydrogen-bond donors (Lipinski definition) is 0. The predicted octanol–water partition coefficient (Wildman–Crippen LogP) is 8.38. The molecule has 0 amide bonds. The van der Waals surface area contributed by atoms with Crippen molar-refractivity contribution in [3.8, 4) is 5.75 Å². The Hall–Kier alpha value is -2.96. The molecule has 2 aromatic rings. The van der Waals surface area contributed by atoms with Crippen LogP contribution in [-0.2, 0) is 24.2 Å². The van der Waals surface area contributed by atoms with E-state index >= 15 is 26.3 Å². The van der Waals surface area contributed by atoms with Gasteiger partial charge >= 0.3 is 11.8 Å². The van der Waals surface area contributed by atoms with Gasteiger partial charge in [0.2, 0.25) is 0 Å². The summed E-state index contributed by atoms with van der Waals surface area (Å²) in [6.07, 6.45) is 6.50. The number of aryl methyl sites for hydroxylation is 2. The second-order valence-electron chi connectivity index (χ2n) is 9.59. The molecule has 192 valence electrons. The summed E-state index contributed by atoms with van der Waals surface area (Å²) in [7, 11) is 0. The molecular weight excluding hydrogens is 478 g/mol. The molecule has 0 radical (unpaired) electrons. The number of fused-ring (bicyclic) bond motifs is 3. The van der Waals surface area contributed by atoms with Crippen LogP contribution in [0.2, 0.25) is 0 Å². The molecule has 36 heavy (non-hydrogen) atoms. The molecule has 0 saturated carbocycles. The zero-order chi connectivity index (χ0) is 26.3. The third-order valence-electron chi connectivity index (χ3n) is 7.16. The highest BCUT2D eigenvalue weighted by atomic mass is 19.3. The van der Waals surface area contributed by atoms with Gasteiger partial charge < -0.3 is 4.74 Å². The molecule has 1 nitrogen and oxygen atoms in total. The Morgan fingerprint density at radius 3 is 2.33 bits per heavy atom. The van der Waals surface area contributed by atoms with E-state index in [2.05, 4.69) is 6.58 Å². The van der Waals surface area contributed by atoms with Gasteiger partial charge in [0.1, 0.15) is 24.0 Å². The van der Waals surface area contributed by atoms with Crippen molar-refractivity contribution in [2.75, 3.05) is 6.61 Å². The van der Waals surface area contributed by atoms with E-state index in [0.717, 1.165) is 18.4 Å². The van der Waals surface area contributed by atoms with Gasteiger partial charge in [-0.15, -0.1) is 6.58 Å². The summed E-state index contributed by atoms with van der Waals surface area (Å²) in [5.41, 5.74) is -2.82. The topological polar surface area (TPSA) is 9.23 Å². The van der Waals surface area contributed by atoms with Crippen molar-refractivity contribution in [2.24, 2.45) is 5.92 Å². The van der Waals surface area contributed by atoms with Crippen molar-refractivity contribution < 1.29 is 31.1 Å². The van der Waals surface area contributed by atoms with Crippen LogP contribution in [-0.4, -0.2) is 12.5 Å². The number of ether oxygens (including phenoxy) is 1. The molecule has 4 rings (SSSR count). The van der Waals surface area contributed by atoms with Crippen molar-refractivity contribution in [1.29, 1.82) is 0 Å². The summed E-state index contributed by atoms with van der Waals surface area (Å²) in [4.78, 5) is 0. The van der Waals surface area contributed by atoms with Gasteiger partial charge in [0.25, 0.3) is 0 Å². The molecule has 0 saturated heterocycles. The van der Waals surface area contributed by atoms with E-state index in [1.165, 1.54) is 31.2 Å². The summed E-state index contributed by atoms with van der Waals surface area (Å²) in [6, 6.07) is 9.55. The molecule has 0 fully saturated rings. The quantitative estimate of drug-likeness (QED) is 0.258. The van der Waals surface area contributed by atoms with Gasteiger partial charge in [-0.1, -0.05) is 62.8 Å². The highest BCUT2D eigenvalue weighted by Gasteiger charge is 2.73. The molecule has 0 N–H and O–H groups in total. The average Bonchev–Trinajstić information content (AvgIpc) is 2.83. The fourth-order valence-electron chi connectivity index (χ4n) is 5.16. The maximum absolute atomic E-state index is 15.6. The Kier molecular flexibility index (Phi) is 6.88. The third-order valence-corrected chi connectivity index (χ3v) is 7.16. The van der Waals surface area contributed by atoms with Crippen LogP contribution < -0.4 is 4.74 Å². The fourth-order valence-corrected chi connectivity index (χ4v) is 5.16. The van der Waals surface area contributed by atoms with E-state index in [9.17, 15) is 0 Å². The lowest BCUT2D eigenvalue weighted by Gasteiger charge is -2.49. The molecule has 2 aliphatic carbocycles. The van der Waals surface area contributed by atoms with Crippen molar-refractivity contribution in [2.45, 2.75) is 56.8 Å². The molecule has 0 heterocycles. The minimum Gasteiger partial charge on any atom is -0.489 e. The Labute approximate surface area is 207 Å². The minimum absolute atomic E-state index is 0.0609. The maximum Gasteiger partial charge on any atom is 0.339 e. The minimum atomic E-state index is -4.89. The first-order valence-corrected chi connectivity index (χ1v) is 12.0. The molecule has 2 atom stereocenters. The SMILES string of the molecule is C=CCCc1ccc(OCC2=C(F)C3C(C)(C=C2)c2ccc(CCC)c(F)c2C(F)(F)C3(F)F)cc1. The van der Waals surface area contributed by atoms with Crippen molar-refractivity contribution >= 4 is 0 Å². The Morgan fingerprint density at radius 1 is 1.00 bits per heavy atom. The average molecular weight is 507 g/mol. The Bertz CT molecular complexity index is 1210. The van der Waals surface area contributed by atoms with Crippen LogP contribution in [0.15, 0.2) is 72.6 Å². The molecule has 0 aliphatic heterocycles.